The van der Waals surface area contributed by atoms with E-state index in [-0.39, 0.29) is 41.0 Å². The van der Waals surface area contributed by atoms with Gasteiger partial charge in [0, 0.05) is 0 Å². The molecule has 0 fully saturated rings. The minimum atomic E-state index is -4.51. The second kappa shape index (κ2) is 12.5. The molecule has 0 unspecified atom stereocenters. The number of hydrogen-bond donors (Lipinski definition) is 4. The number of aromatic carboxylic acids is 1. The molecule has 210 valence electrons. The second-order valence-corrected chi connectivity index (χ2v) is 11.2. The van der Waals surface area contributed by atoms with Crippen molar-refractivity contribution in [2.75, 3.05) is 19.5 Å². The first kappa shape index (κ1) is 29.9. The van der Waals surface area contributed by atoms with Crippen molar-refractivity contribution in [1.29, 1.82) is 0 Å². The largest absolute Gasteiger partial charge is 0.494 e. The number of sulfone groups is 1. The summed E-state index contributed by atoms with van der Waals surface area (Å²) in [7, 11) is -7.18. The summed E-state index contributed by atoms with van der Waals surface area (Å²) in [6.45, 7) is -0.352. The molecule has 0 bridgehead atoms. The number of rotatable bonds is 13. The lowest BCUT2D eigenvalue weighted by Crippen LogP contribution is -2.14. The summed E-state index contributed by atoms with van der Waals surface area (Å²) in [5.74, 6) is -2.04. The van der Waals surface area contributed by atoms with Crippen molar-refractivity contribution in [2.24, 2.45) is 10.2 Å². The van der Waals surface area contributed by atoms with Crippen LogP contribution < -0.4 is 10.3 Å². The first-order chi connectivity index (χ1) is 18.4. The van der Waals surface area contributed by atoms with Crippen molar-refractivity contribution >= 4 is 49.6 Å². The smallest absolute Gasteiger partial charge is 0.356 e. The molecule has 0 aliphatic rings. The molecule has 0 radical (unpaired) electrons. The predicted octanol–water partition coefficient (Wildman–Crippen LogP) is 2.31. The van der Waals surface area contributed by atoms with Crippen molar-refractivity contribution < 1.29 is 54.8 Å². The molecule has 3 rings (SSSR count). The van der Waals surface area contributed by atoms with Crippen molar-refractivity contribution in [3.63, 3.8) is 0 Å². The van der Waals surface area contributed by atoms with Gasteiger partial charge in [0.2, 0.25) is 0 Å². The number of ether oxygens (including phenoxy) is 1. The summed E-state index contributed by atoms with van der Waals surface area (Å²) in [6.07, 6.45) is 0. The number of nitrogens with one attached hydrogen (secondary N) is 1. The van der Waals surface area contributed by atoms with E-state index in [2.05, 4.69) is 24.7 Å². The molecule has 0 spiro atoms. The third-order valence-corrected chi connectivity index (χ3v) is 7.71. The summed E-state index contributed by atoms with van der Waals surface area (Å²) < 4.78 is 71.5. The molecular weight excluding hydrogens is 588 g/mol. The highest BCUT2D eigenvalue weighted by Crippen LogP contribution is 2.32. The molecule has 0 saturated heterocycles. The maximum Gasteiger partial charge on any atom is 0.356 e. The number of methoxy groups -OCH3 is 1. The van der Waals surface area contributed by atoms with Gasteiger partial charge in [0.15, 0.2) is 33.5 Å². The van der Waals surface area contributed by atoms with Gasteiger partial charge in [-0.15, -0.1) is 14.6 Å². The zero-order valence-corrected chi connectivity index (χ0v) is 21.9. The number of aromatic nitrogens is 2. The lowest BCUT2D eigenvalue weighted by atomic mass is 10.3. The van der Waals surface area contributed by atoms with Crippen LogP contribution in [-0.2, 0) is 33.5 Å². The molecule has 3 aromatic rings. The minimum Gasteiger partial charge on any atom is -0.494 e. The van der Waals surface area contributed by atoms with Gasteiger partial charge in [-0.2, -0.15) is 8.42 Å². The Morgan fingerprint density at radius 1 is 1.08 bits per heavy atom. The zero-order valence-electron chi connectivity index (χ0n) is 19.4. The number of carboxylic acid groups (broad SMARTS) is 1. The molecule has 39 heavy (non-hydrogen) atoms. The van der Waals surface area contributed by atoms with Crippen LogP contribution in [0.5, 0.6) is 5.75 Å². The van der Waals surface area contributed by atoms with Crippen molar-refractivity contribution in [3.8, 4) is 11.4 Å². The van der Waals surface area contributed by atoms with Crippen LogP contribution in [-0.4, -0.2) is 67.0 Å². The Balaban J connectivity index is 1.97. The summed E-state index contributed by atoms with van der Waals surface area (Å²) in [6, 6.07) is 7.82. The van der Waals surface area contributed by atoms with E-state index in [1.165, 1.54) is 19.2 Å². The predicted molar refractivity (Wildman–Crippen MR) is 131 cm³/mol. The van der Waals surface area contributed by atoms with E-state index in [0.717, 1.165) is 35.0 Å². The normalized spacial score (nSPS) is 12.2. The number of aromatic amines is 1. The SMILES string of the molecule is COc1ccc(S(=O)(=O)CCOSOOO)cc1N=Nc1c(C(=O)O)[nH]n(-c2ccc(S(=O)(=O)O)cc2)c1=O. The van der Waals surface area contributed by atoms with Crippen LogP contribution in [0.4, 0.5) is 11.4 Å². The van der Waals surface area contributed by atoms with Crippen molar-refractivity contribution in [1.82, 2.24) is 9.78 Å². The number of benzene rings is 2. The summed E-state index contributed by atoms with van der Waals surface area (Å²) in [5, 5.41) is 30.7. The van der Waals surface area contributed by atoms with E-state index in [1.54, 1.807) is 0 Å². The number of carboxylic acids is 1. The average Bonchev–Trinajstić information content (AvgIpc) is 3.22. The fraction of sp³-hybridized carbons (Fsp3) is 0.158. The van der Waals surface area contributed by atoms with Gasteiger partial charge in [0.1, 0.15) is 11.4 Å². The quantitative estimate of drug-likeness (QED) is 0.0545. The van der Waals surface area contributed by atoms with Crippen molar-refractivity contribution in [2.45, 2.75) is 9.79 Å². The van der Waals surface area contributed by atoms with Gasteiger partial charge in [-0.3, -0.25) is 18.6 Å². The molecule has 0 aliphatic heterocycles. The molecule has 0 amide bonds. The van der Waals surface area contributed by atoms with Gasteiger partial charge in [-0.25, -0.2) is 23.2 Å². The van der Waals surface area contributed by atoms with Crippen LogP contribution in [0, 0.1) is 0 Å². The minimum absolute atomic E-state index is 0.0124. The number of nitrogens with zero attached hydrogens (tertiary/aromatic N) is 3. The molecule has 1 aromatic heterocycles. The summed E-state index contributed by atoms with van der Waals surface area (Å²) >= 11 is 0.201. The molecule has 0 atom stereocenters. The van der Waals surface area contributed by atoms with Crippen LogP contribution in [0.3, 0.4) is 0 Å². The fourth-order valence-corrected chi connectivity index (χ4v) is 4.90. The lowest BCUT2D eigenvalue weighted by Gasteiger charge is -2.08. The number of H-pyrrole nitrogens is 1. The molecule has 1 heterocycles. The molecule has 0 aliphatic carbocycles. The van der Waals surface area contributed by atoms with Crippen LogP contribution >= 0.6 is 12.3 Å². The van der Waals surface area contributed by atoms with E-state index in [0.29, 0.717) is 0 Å². The van der Waals surface area contributed by atoms with E-state index >= 15 is 0 Å². The van der Waals surface area contributed by atoms with Gasteiger partial charge in [0.25, 0.3) is 15.7 Å². The third-order valence-electron chi connectivity index (χ3n) is 4.78. The highest BCUT2D eigenvalue weighted by atomic mass is 32.2. The van der Waals surface area contributed by atoms with Gasteiger partial charge < -0.3 is 9.84 Å². The van der Waals surface area contributed by atoms with E-state index < -0.39 is 53.5 Å². The maximum absolute atomic E-state index is 12.9. The van der Waals surface area contributed by atoms with Gasteiger partial charge >= 0.3 is 5.97 Å². The van der Waals surface area contributed by atoms with E-state index in [1.807, 2.05) is 0 Å². The second-order valence-electron chi connectivity index (χ2n) is 7.14. The van der Waals surface area contributed by atoms with Crippen LogP contribution in [0.1, 0.15) is 10.5 Å². The summed E-state index contributed by atoms with van der Waals surface area (Å²) in [5.41, 5.74) is -2.46. The van der Waals surface area contributed by atoms with Crippen LogP contribution in [0.2, 0.25) is 0 Å². The Morgan fingerprint density at radius 2 is 1.74 bits per heavy atom. The van der Waals surface area contributed by atoms with E-state index in [9.17, 15) is 31.5 Å². The highest BCUT2D eigenvalue weighted by Gasteiger charge is 2.22. The first-order valence-corrected chi connectivity index (χ1v) is 13.9. The number of carbonyl (C=O) groups is 1. The highest BCUT2D eigenvalue weighted by molar-refractivity contribution is 7.91. The topological polar surface area (TPSA) is 245 Å². The fourth-order valence-electron chi connectivity index (χ4n) is 2.99. The van der Waals surface area contributed by atoms with Crippen LogP contribution in [0.25, 0.3) is 5.69 Å². The van der Waals surface area contributed by atoms with Crippen molar-refractivity contribution in [3.05, 3.63) is 58.5 Å². The Bertz CT molecular complexity index is 1650. The Hall–Kier alpha value is -3.63. The number of hydrogen-bond acceptors (Lipinski definition) is 14. The van der Waals surface area contributed by atoms with Crippen LogP contribution in [0.15, 0.2) is 67.3 Å². The zero-order chi connectivity index (χ0) is 28.8. The van der Waals surface area contributed by atoms with Gasteiger partial charge in [-0.05, 0) is 42.5 Å². The molecular formula is C19H18N4O13S3. The molecule has 4 N–H and O–H groups in total. The average molecular weight is 607 g/mol. The molecule has 2 aromatic carbocycles. The molecule has 20 heteroatoms. The monoisotopic (exact) mass is 606 g/mol. The Labute approximate surface area is 223 Å². The summed E-state index contributed by atoms with van der Waals surface area (Å²) in [4.78, 5) is 24.0. The Kier molecular flexibility index (Phi) is 9.58. The van der Waals surface area contributed by atoms with E-state index in [4.69, 9.17) is 18.7 Å². The van der Waals surface area contributed by atoms with Gasteiger partial charge in [-0.1, -0.05) is 5.04 Å². The third kappa shape index (κ3) is 7.27. The van der Waals surface area contributed by atoms with Gasteiger partial charge in [0.05, 0.1) is 34.9 Å². The lowest BCUT2D eigenvalue weighted by molar-refractivity contribution is -0.434. The maximum atomic E-state index is 12.9. The standard InChI is InChI=1S/C19H18N4O13S3/c1-33-15-7-6-13(38(28,29)9-8-34-37-36-35-27)10-14(15)20-21-16-17(19(25)26)22-23(18(16)24)11-2-4-12(5-3-11)39(30,31)32/h2-7,10,22,27H,8-9H2,1H3,(H,25,26)(H,30,31,32). The number of azo groups is 1. The molecule has 17 nitrogen and oxygen atoms in total. The molecule has 0 saturated carbocycles. The first-order valence-electron chi connectivity index (χ1n) is 10.1. The Morgan fingerprint density at radius 3 is 2.33 bits per heavy atom.